The van der Waals surface area contributed by atoms with Gasteiger partial charge in [0.1, 0.15) is 9.76 Å². The average molecular weight is 194 g/mol. The van der Waals surface area contributed by atoms with Crippen LogP contribution in [-0.2, 0) is 4.12 Å². The minimum Gasteiger partial charge on any atom is -0.462 e. The quantitative estimate of drug-likeness (QED) is 0.511. The summed E-state index contributed by atoms with van der Waals surface area (Å²) < 4.78 is 5.45. The molecule has 0 spiro atoms. The molecule has 1 rings (SSSR count). The maximum atomic E-state index is 5.45. The number of hydrogen-bond acceptors (Lipinski definition) is 1. The summed E-state index contributed by atoms with van der Waals surface area (Å²) >= 11 is 0. The molecular weight excluding hydrogens is 180 g/mol. The van der Waals surface area contributed by atoms with Crippen molar-refractivity contribution in [2.45, 2.75) is 6.55 Å². The third kappa shape index (κ3) is 3.66. The fourth-order valence-corrected chi connectivity index (χ4v) is 2.79. The molecule has 1 aromatic rings. The van der Waals surface area contributed by atoms with E-state index in [0.29, 0.717) is 0 Å². The topological polar surface area (TPSA) is 9.23 Å². The van der Waals surface area contributed by atoms with Gasteiger partial charge in [-0.25, -0.2) is 0 Å². The average Bonchev–Trinajstić information content (AvgIpc) is 2.14. The highest BCUT2D eigenvalue weighted by Gasteiger charge is 1.82. The Morgan fingerprint density at radius 1 is 1.25 bits per heavy atom. The van der Waals surface area contributed by atoms with Gasteiger partial charge in [-0.15, -0.1) is 0 Å². The Labute approximate surface area is 78.3 Å². The highest BCUT2D eigenvalue weighted by molar-refractivity contribution is 6.46. The summed E-state index contributed by atoms with van der Waals surface area (Å²) in [5, 5.41) is 0. The largest absolute Gasteiger partial charge is 0.462 e. The molecule has 0 aliphatic heterocycles. The van der Waals surface area contributed by atoms with Gasteiger partial charge in [-0.05, 0) is 5.56 Å². The van der Waals surface area contributed by atoms with E-state index in [1.54, 1.807) is 0 Å². The van der Waals surface area contributed by atoms with Gasteiger partial charge in [0.25, 0.3) is 0 Å². The van der Waals surface area contributed by atoms with Crippen LogP contribution in [0.2, 0.25) is 6.55 Å². The van der Waals surface area contributed by atoms with Crippen molar-refractivity contribution in [2.24, 2.45) is 0 Å². The normalized spacial score (nSPS) is 12.8. The Morgan fingerprint density at radius 2 is 2.00 bits per heavy atom. The summed E-state index contributed by atoms with van der Waals surface area (Å²) in [7, 11) is -0.527. The third-order valence-corrected chi connectivity index (χ3v) is 4.53. The second kappa shape index (κ2) is 5.94. The monoisotopic (exact) mass is 194 g/mol. The van der Waals surface area contributed by atoms with E-state index in [9.17, 15) is 0 Å². The summed E-state index contributed by atoms with van der Waals surface area (Å²) in [6.45, 7) is 2.17. The van der Waals surface area contributed by atoms with Gasteiger partial charge in [0.15, 0.2) is 9.76 Å². The van der Waals surface area contributed by atoms with Crippen molar-refractivity contribution in [1.82, 2.24) is 0 Å². The maximum absolute atomic E-state index is 5.45. The minimum atomic E-state index is -0.351. The molecule has 0 aliphatic rings. The molecule has 3 heteroatoms. The van der Waals surface area contributed by atoms with Crippen molar-refractivity contribution in [3.8, 4) is 0 Å². The first kappa shape index (κ1) is 9.44. The molecule has 1 aromatic carbocycles. The highest BCUT2D eigenvalue weighted by atomic mass is 28.3. The fraction of sp³-hybridized carbons (Fsp3) is 0.111. The van der Waals surface area contributed by atoms with E-state index in [1.807, 2.05) is 6.07 Å². The first-order valence-electron chi connectivity index (χ1n) is 4.23. The van der Waals surface area contributed by atoms with E-state index in [2.05, 4.69) is 42.6 Å². The predicted octanol–water partition coefficient (Wildman–Crippen LogP) is 0.890. The smallest absolute Gasteiger partial charge is 0.171 e. The molecule has 0 saturated heterocycles. The van der Waals surface area contributed by atoms with Gasteiger partial charge in [-0.2, -0.15) is 0 Å². The van der Waals surface area contributed by atoms with Gasteiger partial charge in [-0.1, -0.05) is 48.7 Å². The number of benzene rings is 1. The van der Waals surface area contributed by atoms with Crippen LogP contribution >= 0.6 is 0 Å². The Kier molecular flexibility index (Phi) is 4.67. The second-order valence-corrected chi connectivity index (χ2v) is 5.49. The Balaban J connectivity index is 2.36. The fourth-order valence-electron chi connectivity index (χ4n) is 0.934. The first-order chi connectivity index (χ1) is 5.93. The molecule has 0 N–H and O–H groups in total. The molecule has 12 heavy (non-hydrogen) atoms. The molecule has 0 heterocycles. The van der Waals surface area contributed by atoms with Crippen LogP contribution in [0.3, 0.4) is 0 Å². The van der Waals surface area contributed by atoms with Crippen LogP contribution in [0.5, 0.6) is 0 Å². The molecule has 0 aliphatic carbocycles. The van der Waals surface area contributed by atoms with E-state index in [4.69, 9.17) is 4.12 Å². The van der Waals surface area contributed by atoms with Crippen molar-refractivity contribution < 1.29 is 4.12 Å². The molecule has 1 nitrogen and oxygen atoms in total. The van der Waals surface area contributed by atoms with Crippen LogP contribution in [0.4, 0.5) is 0 Å². The van der Waals surface area contributed by atoms with Crippen LogP contribution in [0.15, 0.2) is 36.0 Å². The molecule has 0 fully saturated rings. The summed E-state index contributed by atoms with van der Waals surface area (Å²) in [5.41, 5.74) is 3.47. The van der Waals surface area contributed by atoms with Crippen molar-refractivity contribution in [1.29, 1.82) is 0 Å². The molecule has 0 atom stereocenters. The van der Waals surface area contributed by atoms with Gasteiger partial charge < -0.3 is 4.12 Å². The lowest BCUT2D eigenvalue weighted by atomic mass is 10.2. The minimum absolute atomic E-state index is 0.176. The number of hydrogen-bond donors (Lipinski definition) is 0. The van der Waals surface area contributed by atoms with E-state index < -0.39 is 0 Å². The molecule has 64 valence electrons. The van der Waals surface area contributed by atoms with Gasteiger partial charge in [0.2, 0.25) is 0 Å². The van der Waals surface area contributed by atoms with Crippen LogP contribution in [0.25, 0.3) is 6.08 Å². The zero-order chi connectivity index (χ0) is 8.65. The summed E-state index contributed by atoms with van der Waals surface area (Å²) in [6.07, 6.45) is 2.15. The van der Waals surface area contributed by atoms with Crippen molar-refractivity contribution in [3.05, 3.63) is 41.6 Å². The van der Waals surface area contributed by atoms with Crippen LogP contribution in [0, 0.1) is 0 Å². The Hall–Kier alpha value is -0.646. The summed E-state index contributed by atoms with van der Waals surface area (Å²) in [5.74, 6) is 0. The molecular formula is C9H14OSi2. The predicted molar refractivity (Wildman–Crippen MR) is 59.5 cm³/mol. The van der Waals surface area contributed by atoms with Gasteiger partial charge in [0, 0.05) is 0 Å². The Bertz CT molecular complexity index is 234. The van der Waals surface area contributed by atoms with E-state index in [-0.39, 0.29) is 19.5 Å². The molecule has 0 unspecified atom stereocenters. The molecule has 0 amide bonds. The van der Waals surface area contributed by atoms with E-state index >= 15 is 0 Å². The Morgan fingerprint density at radius 3 is 2.67 bits per heavy atom. The van der Waals surface area contributed by atoms with Gasteiger partial charge in [-0.3, -0.25) is 0 Å². The molecule has 0 aromatic heterocycles. The standard InChI is InChI=1S/C9H14OSi2/c1-11-10-12-8-7-9-5-3-2-4-6-9/h2-8H,11-12H2,1H3. The molecule has 0 saturated carbocycles. The molecule has 0 radical (unpaired) electrons. The number of rotatable bonds is 4. The zero-order valence-electron chi connectivity index (χ0n) is 7.36. The maximum Gasteiger partial charge on any atom is 0.171 e. The third-order valence-electron chi connectivity index (χ3n) is 1.53. The first-order valence-corrected chi connectivity index (χ1v) is 7.61. The summed E-state index contributed by atoms with van der Waals surface area (Å²) in [4.78, 5) is 0. The van der Waals surface area contributed by atoms with Crippen molar-refractivity contribution in [3.63, 3.8) is 0 Å². The van der Waals surface area contributed by atoms with Crippen LogP contribution < -0.4 is 0 Å². The lowest BCUT2D eigenvalue weighted by Gasteiger charge is -1.93. The van der Waals surface area contributed by atoms with Crippen molar-refractivity contribution >= 4 is 25.6 Å². The van der Waals surface area contributed by atoms with Crippen LogP contribution in [-0.4, -0.2) is 19.5 Å². The van der Waals surface area contributed by atoms with E-state index in [1.165, 1.54) is 5.56 Å². The van der Waals surface area contributed by atoms with Crippen LogP contribution in [0.1, 0.15) is 5.56 Å². The second-order valence-electron chi connectivity index (χ2n) is 2.47. The van der Waals surface area contributed by atoms with Gasteiger partial charge >= 0.3 is 0 Å². The van der Waals surface area contributed by atoms with Crippen molar-refractivity contribution in [2.75, 3.05) is 0 Å². The lowest BCUT2D eigenvalue weighted by molar-refractivity contribution is 0.657. The SMILES string of the molecule is C[SiH2]O[SiH2]C=Cc1ccccc1. The van der Waals surface area contributed by atoms with E-state index in [0.717, 1.165) is 0 Å². The lowest BCUT2D eigenvalue weighted by Crippen LogP contribution is -1.96. The highest BCUT2D eigenvalue weighted by Crippen LogP contribution is 1.99. The summed E-state index contributed by atoms with van der Waals surface area (Å²) in [6, 6.07) is 10.3. The zero-order valence-corrected chi connectivity index (χ0v) is 10.2. The molecule has 0 bridgehead atoms. The van der Waals surface area contributed by atoms with Gasteiger partial charge in [0.05, 0.1) is 0 Å².